The summed E-state index contributed by atoms with van der Waals surface area (Å²) in [7, 11) is 1.59. The highest BCUT2D eigenvalue weighted by atomic mass is 19.1. The lowest BCUT2D eigenvalue weighted by molar-refractivity contribution is -0.164. The van der Waals surface area contributed by atoms with Gasteiger partial charge in [-0.3, -0.25) is 9.59 Å². The fourth-order valence-corrected chi connectivity index (χ4v) is 3.06. The smallest absolute Gasteiger partial charge is 0.314 e. The van der Waals surface area contributed by atoms with E-state index in [4.69, 9.17) is 14.2 Å². The summed E-state index contributed by atoms with van der Waals surface area (Å²) in [5.74, 6) is -0.769. The molecule has 1 atom stereocenters. The van der Waals surface area contributed by atoms with E-state index in [1.54, 1.807) is 19.2 Å². The fraction of sp³-hybridized carbons (Fsp3) is 0.217. The van der Waals surface area contributed by atoms with E-state index < -0.39 is 23.9 Å². The molecule has 1 fully saturated rings. The van der Waals surface area contributed by atoms with E-state index in [0.717, 1.165) is 16.5 Å². The zero-order valence-electron chi connectivity index (χ0n) is 16.3. The Morgan fingerprint density at radius 3 is 2.20 bits per heavy atom. The highest BCUT2D eigenvalue weighted by Gasteiger charge is 2.33. The molecule has 7 heteroatoms. The third-order valence-electron chi connectivity index (χ3n) is 4.94. The summed E-state index contributed by atoms with van der Waals surface area (Å²) in [6.07, 6.45) is -1.47. The van der Waals surface area contributed by atoms with Crippen LogP contribution in [0.15, 0.2) is 60.7 Å². The molecule has 4 rings (SSSR count). The summed E-state index contributed by atoms with van der Waals surface area (Å²) in [4.78, 5) is 25.2. The first-order chi connectivity index (χ1) is 14.5. The van der Waals surface area contributed by atoms with Crippen LogP contribution in [-0.4, -0.2) is 38.2 Å². The van der Waals surface area contributed by atoms with Gasteiger partial charge in [0.05, 0.1) is 13.0 Å². The largest absolute Gasteiger partial charge is 0.497 e. The molecule has 0 radical (unpaired) electrons. The average molecular weight is 409 g/mol. The van der Waals surface area contributed by atoms with E-state index in [1.165, 1.54) is 24.3 Å². The summed E-state index contributed by atoms with van der Waals surface area (Å²) in [6, 6.07) is 15.8. The number of fused-ring (bicyclic) bond motifs is 1. The second kappa shape index (κ2) is 8.51. The topological polar surface area (TPSA) is 73.9 Å². The second-order valence-electron chi connectivity index (χ2n) is 6.99. The maximum Gasteiger partial charge on any atom is 0.314 e. The number of esters is 1. The van der Waals surface area contributed by atoms with Crippen molar-refractivity contribution in [2.24, 2.45) is 5.92 Å². The number of ketones is 1. The number of hydrogen-bond donors (Lipinski definition) is 1. The molecule has 6 nitrogen and oxygen atoms in total. The lowest BCUT2D eigenvalue weighted by Crippen LogP contribution is -2.49. The van der Waals surface area contributed by atoms with Crippen LogP contribution in [0.4, 0.5) is 4.39 Å². The van der Waals surface area contributed by atoms with Gasteiger partial charge in [-0.25, -0.2) is 4.39 Å². The van der Waals surface area contributed by atoms with Gasteiger partial charge < -0.3 is 19.5 Å². The molecule has 0 aliphatic carbocycles. The van der Waals surface area contributed by atoms with Crippen molar-refractivity contribution in [3.8, 4) is 11.5 Å². The van der Waals surface area contributed by atoms with Crippen molar-refractivity contribution in [2.45, 2.75) is 6.29 Å². The number of hydrogen-bond acceptors (Lipinski definition) is 6. The minimum atomic E-state index is -1.47. The molecule has 30 heavy (non-hydrogen) atoms. The van der Waals surface area contributed by atoms with E-state index in [2.05, 4.69) is 5.32 Å². The molecule has 0 spiro atoms. The number of nitrogens with one attached hydrogen (secondary N) is 1. The maximum atomic E-state index is 13.2. The molecule has 0 aromatic heterocycles. The normalized spacial score (nSPS) is 14.6. The minimum absolute atomic E-state index is 0.187. The highest BCUT2D eigenvalue weighted by molar-refractivity contribution is 6.00. The number of methoxy groups -OCH3 is 1. The van der Waals surface area contributed by atoms with Crippen molar-refractivity contribution in [1.82, 2.24) is 5.32 Å². The molecule has 1 N–H and O–H groups in total. The third kappa shape index (κ3) is 4.26. The Balaban J connectivity index is 1.59. The van der Waals surface area contributed by atoms with Gasteiger partial charge in [0.15, 0.2) is 0 Å². The zero-order chi connectivity index (χ0) is 21.1. The average Bonchev–Trinajstić information content (AvgIpc) is 2.71. The summed E-state index contributed by atoms with van der Waals surface area (Å²) in [5.41, 5.74) is 0.187. The summed E-state index contributed by atoms with van der Waals surface area (Å²) in [5, 5.41) is 4.79. The molecule has 0 saturated carbocycles. The maximum absolute atomic E-state index is 13.2. The van der Waals surface area contributed by atoms with E-state index in [9.17, 15) is 14.0 Å². The van der Waals surface area contributed by atoms with Crippen LogP contribution in [0, 0.1) is 11.7 Å². The van der Waals surface area contributed by atoms with Crippen molar-refractivity contribution < 1.29 is 28.2 Å². The number of benzene rings is 3. The van der Waals surface area contributed by atoms with Crippen LogP contribution < -0.4 is 14.8 Å². The highest BCUT2D eigenvalue weighted by Crippen LogP contribution is 2.26. The molecule has 1 unspecified atom stereocenters. The SMILES string of the molecule is COc1ccc2cc(OC(OC(=O)C3CNC3)C(=O)c3ccc(F)cc3)ccc2c1. The Morgan fingerprint density at radius 1 is 0.967 bits per heavy atom. The van der Waals surface area contributed by atoms with Crippen molar-refractivity contribution in [3.63, 3.8) is 0 Å². The van der Waals surface area contributed by atoms with Gasteiger partial charge in [0.2, 0.25) is 5.78 Å². The van der Waals surface area contributed by atoms with Crippen LogP contribution in [-0.2, 0) is 9.53 Å². The number of halogens is 1. The molecular weight excluding hydrogens is 389 g/mol. The van der Waals surface area contributed by atoms with E-state index in [-0.39, 0.29) is 11.5 Å². The lowest BCUT2D eigenvalue weighted by atomic mass is 10.0. The molecule has 1 saturated heterocycles. The molecular formula is C23H20FNO5. The Morgan fingerprint density at radius 2 is 1.60 bits per heavy atom. The molecule has 154 valence electrons. The van der Waals surface area contributed by atoms with Gasteiger partial charge >= 0.3 is 12.3 Å². The quantitative estimate of drug-likeness (QED) is 0.367. The number of rotatable bonds is 7. The number of ether oxygens (including phenoxy) is 3. The Kier molecular flexibility index (Phi) is 5.63. The van der Waals surface area contributed by atoms with E-state index in [0.29, 0.717) is 18.8 Å². The van der Waals surface area contributed by atoms with Gasteiger partial charge in [-0.15, -0.1) is 0 Å². The third-order valence-corrected chi connectivity index (χ3v) is 4.94. The van der Waals surface area contributed by atoms with Crippen LogP contribution >= 0.6 is 0 Å². The predicted molar refractivity (Wildman–Crippen MR) is 108 cm³/mol. The second-order valence-corrected chi connectivity index (χ2v) is 6.99. The Hall–Kier alpha value is -3.45. The Labute approximate surface area is 172 Å². The zero-order valence-corrected chi connectivity index (χ0v) is 16.3. The molecule has 1 heterocycles. The number of Topliss-reactive ketones (excluding diaryl/α,β-unsaturated/α-hetero) is 1. The van der Waals surface area contributed by atoms with Crippen LogP contribution in [0.25, 0.3) is 10.8 Å². The van der Waals surface area contributed by atoms with E-state index >= 15 is 0 Å². The van der Waals surface area contributed by atoms with Gasteiger partial charge in [-0.1, -0.05) is 12.1 Å². The monoisotopic (exact) mass is 409 g/mol. The minimum Gasteiger partial charge on any atom is -0.497 e. The van der Waals surface area contributed by atoms with Gasteiger partial charge in [-0.2, -0.15) is 0 Å². The van der Waals surface area contributed by atoms with Crippen molar-refractivity contribution in [3.05, 3.63) is 72.0 Å². The fourth-order valence-electron chi connectivity index (χ4n) is 3.06. The van der Waals surface area contributed by atoms with Crippen LogP contribution in [0.1, 0.15) is 10.4 Å². The van der Waals surface area contributed by atoms with Crippen LogP contribution in [0.5, 0.6) is 11.5 Å². The summed E-state index contributed by atoms with van der Waals surface area (Å²) < 4.78 is 29.6. The van der Waals surface area contributed by atoms with Gasteiger partial charge in [0, 0.05) is 18.7 Å². The van der Waals surface area contributed by atoms with Crippen LogP contribution in [0.3, 0.4) is 0 Å². The molecule has 0 amide bonds. The van der Waals surface area contributed by atoms with Crippen molar-refractivity contribution >= 4 is 22.5 Å². The first kappa shape index (κ1) is 19.8. The molecule has 3 aromatic rings. The first-order valence-electron chi connectivity index (χ1n) is 9.49. The Bertz CT molecular complexity index is 1080. The van der Waals surface area contributed by atoms with Crippen molar-refractivity contribution in [1.29, 1.82) is 0 Å². The van der Waals surface area contributed by atoms with Gasteiger partial charge in [0.1, 0.15) is 17.3 Å². The molecule has 0 bridgehead atoms. The van der Waals surface area contributed by atoms with Crippen molar-refractivity contribution in [2.75, 3.05) is 20.2 Å². The van der Waals surface area contributed by atoms with E-state index in [1.807, 2.05) is 24.3 Å². The molecule has 3 aromatic carbocycles. The van der Waals surface area contributed by atoms with Gasteiger partial charge in [0.25, 0.3) is 0 Å². The van der Waals surface area contributed by atoms with Gasteiger partial charge in [-0.05, 0) is 59.3 Å². The lowest BCUT2D eigenvalue weighted by Gasteiger charge is -2.27. The number of carbonyl (C=O) groups excluding carboxylic acids is 2. The predicted octanol–water partition coefficient (Wildman–Crippen LogP) is 3.34. The van der Waals surface area contributed by atoms with Crippen LogP contribution in [0.2, 0.25) is 0 Å². The summed E-state index contributed by atoms with van der Waals surface area (Å²) in [6.45, 7) is 0.988. The number of carbonyl (C=O) groups is 2. The molecule has 1 aliphatic rings. The standard InChI is InChI=1S/C23H20FNO5/c1-28-19-8-4-16-11-20(9-5-15(16)10-19)29-23(30-22(27)17-12-25-13-17)21(26)14-2-6-18(24)7-3-14/h2-11,17,23,25H,12-13H2,1H3. The first-order valence-corrected chi connectivity index (χ1v) is 9.49. The summed E-state index contributed by atoms with van der Waals surface area (Å²) >= 11 is 0. The molecule has 1 aliphatic heterocycles.